The van der Waals surface area contributed by atoms with Crippen LogP contribution >= 0.6 is 0 Å². The maximum Gasteiger partial charge on any atom is 0.355 e. The first kappa shape index (κ1) is 18.5. The lowest BCUT2D eigenvalue weighted by Gasteiger charge is -2.17. The van der Waals surface area contributed by atoms with Gasteiger partial charge in [0.2, 0.25) is 0 Å². The van der Waals surface area contributed by atoms with Crippen molar-refractivity contribution >= 4 is 5.97 Å². The van der Waals surface area contributed by atoms with Crippen molar-refractivity contribution in [2.45, 2.75) is 72.6 Å². The predicted molar refractivity (Wildman–Crippen MR) is 89.8 cm³/mol. The zero-order valence-corrected chi connectivity index (χ0v) is 14.6. The topological polar surface area (TPSA) is 35.5 Å². The highest BCUT2D eigenvalue weighted by Gasteiger charge is 2.12. The van der Waals surface area contributed by atoms with E-state index in [9.17, 15) is 4.79 Å². The third-order valence-corrected chi connectivity index (χ3v) is 3.57. The number of carbonyl (C=O) groups excluding carboxylic acids is 1. The largest absolute Gasteiger partial charge is 0.355 e. The molecule has 0 unspecified atom stereocenters. The molecule has 22 heavy (non-hydrogen) atoms. The molecule has 1 aromatic carbocycles. The summed E-state index contributed by atoms with van der Waals surface area (Å²) in [5.41, 5.74) is 1.41. The quantitative estimate of drug-likeness (QED) is 0.354. The monoisotopic (exact) mass is 306 g/mol. The van der Waals surface area contributed by atoms with E-state index in [1.807, 2.05) is 24.3 Å². The molecule has 0 heterocycles. The van der Waals surface area contributed by atoms with Crippen LogP contribution in [0.2, 0.25) is 0 Å². The molecular formula is C19H30O3. The van der Waals surface area contributed by atoms with Crippen LogP contribution < -0.4 is 4.89 Å². The fourth-order valence-electron chi connectivity index (χ4n) is 2.27. The zero-order valence-electron chi connectivity index (χ0n) is 14.6. The number of hydrogen-bond acceptors (Lipinski definition) is 3. The molecule has 0 N–H and O–H groups in total. The molecule has 0 aromatic heterocycles. The molecule has 1 rings (SSSR count). The second kappa shape index (κ2) is 8.82. The Morgan fingerprint density at radius 1 is 1.09 bits per heavy atom. The number of benzene rings is 1. The molecular weight excluding hydrogens is 276 g/mol. The summed E-state index contributed by atoms with van der Waals surface area (Å²) in [6.07, 6.45) is 4.64. The first-order valence-corrected chi connectivity index (χ1v) is 8.26. The third-order valence-electron chi connectivity index (χ3n) is 3.57. The third kappa shape index (κ3) is 7.48. The zero-order chi connectivity index (χ0) is 16.6. The number of carbonyl (C=O) groups is 1. The van der Waals surface area contributed by atoms with Gasteiger partial charge >= 0.3 is 5.97 Å². The summed E-state index contributed by atoms with van der Waals surface area (Å²) in [7, 11) is 0. The first-order valence-electron chi connectivity index (χ1n) is 8.26. The van der Waals surface area contributed by atoms with Gasteiger partial charge in [-0.25, -0.2) is 4.79 Å². The minimum Gasteiger partial charge on any atom is -0.287 e. The molecule has 124 valence electrons. The summed E-state index contributed by atoms with van der Waals surface area (Å²) in [6.45, 7) is 10.9. The summed E-state index contributed by atoms with van der Waals surface area (Å²) in [5, 5.41) is 0. The highest BCUT2D eigenvalue weighted by Crippen LogP contribution is 2.26. The normalized spacial score (nSPS) is 11.5. The van der Waals surface area contributed by atoms with Crippen molar-refractivity contribution in [2.24, 2.45) is 5.41 Å². The van der Waals surface area contributed by atoms with Crippen LogP contribution in [-0.2, 0) is 9.68 Å². The lowest BCUT2D eigenvalue weighted by atomic mass is 9.89. The Kier molecular flexibility index (Phi) is 7.43. The molecule has 0 aliphatic rings. The maximum atomic E-state index is 11.7. The standard InChI is InChI=1S/C19H30O3/c1-15(2)16-11-8-9-12-17(16)21-22-18(20)13-7-6-10-14-19(3,4)5/h8-9,11-12,15H,6-7,10,13-14H2,1-5H3. The van der Waals surface area contributed by atoms with Crippen molar-refractivity contribution in [1.29, 1.82) is 0 Å². The molecule has 0 amide bonds. The van der Waals surface area contributed by atoms with Crippen molar-refractivity contribution in [1.82, 2.24) is 0 Å². The molecule has 0 fully saturated rings. The summed E-state index contributed by atoms with van der Waals surface area (Å²) < 4.78 is 0. The Bertz CT molecular complexity index is 458. The number of rotatable bonds is 8. The number of hydrogen-bond donors (Lipinski definition) is 0. The van der Waals surface area contributed by atoms with Crippen LogP contribution in [0.25, 0.3) is 0 Å². The lowest BCUT2D eigenvalue weighted by molar-refractivity contribution is -0.214. The summed E-state index contributed by atoms with van der Waals surface area (Å²) in [5.74, 6) is 0.653. The highest BCUT2D eigenvalue weighted by molar-refractivity contribution is 5.68. The highest BCUT2D eigenvalue weighted by atomic mass is 17.2. The van der Waals surface area contributed by atoms with Gasteiger partial charge in [0.15, 0.2) is 5.75 Å². The van der Waals surface area contributed by atoms with E-state index in [0.29, 0.717) is 23.5 Å². The van der Waals surface area contributed by atoms with Crippen molar-refractivity contribution in [3.63, 3.8) is 0 Å². The molecule has 0 saturated carbocycles. The van der Waals surface area contributed by atoms with Crippen LogP contribution in [0.4, 0.5) is 0 Å². The second-order valence-corrected chi connectivity index (χ2v) is 7.35. The van der Waals surface area contributed by atoms with Crippen LogP contribution in [-0.4, -0.2) is 5.97 Å². The Labute approximate surface area is 134 Å². The molecule has 3 heteroatoms. The number of para-hydroxylation sites is 1. The molecule has 0 aliphatic carbocycles. The molecule has 0 atom stereocenters. The summed E-state index contributed by atoms with van der Waals surface area (Å²) >= 11 is 0. The fourth-order valence-corrected chi connectivity index (χ4v) is 2.27. The van der Waals surface area contributed by atoms with E-state index < -0.39 is 0 Å². The van der Waals surface area contributed by atoms with Crippen LogP contribution in [0.1, 0.15) is 78.2 Å². The van der Waals surface area contributed by atoms with E-state index in [1.54, 1.807) is 0 Å². The minimum absolute atomic E-state index is 0.297. The van der Waals surface area contributed by atoms with Gasteiger partial charge in [-0.15, -0.1) is 0 Å². The molecule has 0 radical (unpaired) electrons. The van der Waals surface area contributed by atoms with E-state index in [1.165, 1.54) is 6.42 Å². The molecule has 0 aliphatic heterocycles. The van der Waals surface area contributed by atoms with Gasteiger partial charge in [0, 0.05) is 5.56 Å². The SMILES string of the molecule is CC(C)c1ccccc1OOC(=O)CCCCCC(C)(C)C. The van der Waals surface area contributed by atoms with Gasteiger partial charge in [0.05, 0.1) is 6.42 Å². The average molecular weight is 306 g/mol. The van der Waals surface area contributed by atoms with Crippen molar-refractivity contribution < 1.29 is 14.6 Å². The van der Waals surface area contributed by atoms with E-state index >= 15 is 0 Å². The van der Waals surface area contributed by atoms with Gasteiger partial charge in [0.1, 0.15) is 0 Å². The predicted octanol–water partition coefficient (Wildman–Crippen LogP) is 5.64. The van der Waals surface area contributed by atoms with E-state index in [2.05, 4.69) is 34.6 Å². The van der Waals surface area contributed by atoms with Crippen LogP contribution in [0.3, 0.4) is 0 Å². The number of unbranched alkanes of at least 4 members (excludes halogenated alkanes) is 2. The van der Waals surface area contributed by atoms with Gasteiger partial charge in [0.25, 0.3) is 0 Å². The maximum absolute atomic E-state index is 11.7. The molecule has 0 saturated heterocycles. The van der Waals surface area contributed by atoms with Gasteiger partial charge in [-0.3, -0.25) is 9.78 Å². The van der Waals surface area contributed by atoms with Gasteiger partial charge in [-0.1, -0.05) is 65.7 Å². The smallest absolute Gasteiger partial charge is 0.287 e. The Morgan fingerprint density at radius 3 is 2.41 bits per heavy atom. The molecule has 1 aromatic rings. The second-order valence-electron chi connectivity index (χ2n) is 7.35. The van der Waals surface area contributed by atoms with Crippen molar-refractivity contribution in [3.8, 4) is 5.75 Å². The van der Waals surface area contributed by atoms with Crippen LogP contribution in [0.15, 0.2) is 24.3 Å². The Hall–Kier alpha value is -1.51. The first-order chi connectivity index (χ1) is 10.3. The fraction of sp³-hybridized carbons (Fsp3) is 0.632. The van der Waals surface area contributed by atoms with E-state index in [0.717, 1.165) is 24.8 Å². The van der Waals surface area contributed by atoms with E-state index in [4.69, 9.17) is 9.78 Å². The molecule has 3 nitrogen and oxygen atoms in total. The lowest BCUT2D eigenvalue weighted by Crippen LogP contribution is -2.09. The van der Waals surface area contributed by atoms with E-state index in [-0.39, 0.29) is 5.97 Å². The molecule has 0 spiro atoms. The summed E-state index contributed by atoms with van der Waals surface area (Å²) in [6, 6.07) is 7.65. The summed E-state index contributed by atoms with van der Waals surface area (Å²) in [4.78, 5) is 21.9. The van der Waals surface area contributed by atoms with Crippen molar-refractivity contribution in [3.05, 3.63) is 29.8 Å². The van der Waals surface area contributed by atoms with Gasteiger partial charge in [-0.2, -0.15) is 0 Å². The Balaban J connectivity index is 2.27. The minimum atomic E-state index is -0.297. The molecule has 0 bridgehead atoms. The van der Waals surface area contributed by atoms with Crippen molar-refractivity contribution in [2.75, 3.05) is 0 Å². The Morgan fingerprint density at radius 2 is 1.77 bits per heavy atom. The van der Waals surface area contributed by atoms with Gasteiger partial charge < -0.3 is 0 Å². The van der Waals surface area contributed by atoms with Crippen LogP contribution in [0.5, 0.6) is 5.75 Å². The van der Waals surface area contributed by atoms with Gasteiger partial charge in [-0.05, 0) is 30.2 Å². The van der Waals surface area contributed by atoms with Crippen LogP contribution in [0, 0.1) is 5.41 Å². The average Bonchev–Trinajstić information content (AvgIpc) is 2.43.